The van der Waals surface area contributed by atoms with Gasteiger partial charge in [-0.05, 0) is 24.3 Å². The molecule has 0 aliphatic carbocycles. The molecular weight excluding hydrogens is 281 g/mol. The third kappa shape index (κ3) is 2.23. The molecule has 1 N–H and O–H groups in total. The number of aromatic carboxylic acids is 1. The van der Waals surface area contributed by atoms with E-state index in [-0.39, 0.29) is 10.5 Å². The zero-order valence-electron chi connectivity index (χ0n) is 10.0. The summed E-state index contributed by atoms with van der Waals surface area (Å²) in [4.78, 5) is 15.3. The highest BCUT2D eigenvalue weighted by atomic mass is 32.2. The summed E-state index contributed by atoms with van der Waals surface area (Å²) in [5.41, 5.74) is 0.770. The van der Waals surface area contributed by atoms with Gasteiger partial charge in [0.2, 0.25) is 0 Å². The maximum absolute atomic E-state index is 13.8. The highest BCUT2D eigenvalue weighted by molar-refractivity contribution is 7.99. The second-order valence-electron chi connectivity index (χ2n) is 3.95. The number of aromatic nitrogens is 3. The largest absolute Gasteiger partial charge is 0.478 e. The van der Waals surface area contributed by atoms with Gasteiger partial charge in [-0.25, -0.2) is 18.7 Å². The van der Waals surface area contributed by atoms with E-state index in [4.69, 9.17) is 5.11 Å². The predicted molar refractivity (Wildman–Crippen MR) is 70.5 cm³/mol. The Hall–Kier alpha value is -2.41. The molecule has 0 radical (unpaired) electrons. The van der Waals surface area contributed by atoms with Crippen LogP contribution in [0.1, 0.15) is 10.4 Å². The lowest BCUT2D eigenvalue weighted by Crippen LogP contribution is -1.97. The summed E-state index contributed by atoms with van der Waals surface area (Å²) in [6, 6.07) is 5.43. The molecular formula is C13H8FN3O2S. The Balaban J connectivity index is 2.04. The van der Waals surface area contributed by atoms with Gasteiger partial charge in [0.25, 0.3) is 0 Å². The molecule has 5 nitrogen and oxygen atoms in total. The molecule has 0 saturated heterocycles. The Morgan fingerprint density at radius 3 is 2.95 bits per heavy atom. The van der Waals surface area contributed by atoms with Crippen molar-refractivity contribution in [2.24, 2.45) is 0 Å². The Kier molecular flexibility index (Phi) is 3.11. The van der Waals surface area contributed by atoms with E-state index < -0.39 is 11.8 Å². The van der Waals surface area contributed by atoms with E-state index in [1.165, 1.54) is 12.1 Å². The Morgan fingerprint density at radius 2 is 2.15 bits per heavy atom. The molecule has 0 spiro atoms. The molecule has 1 aromatic carbocycles. The molecule has 7 heteroatoms. The van der Waals surface area contributed by atoms with Crippen molar-refractivity contribution in [2.45, 2.75) is 9.92 Å². The summed E-state index contributed by atoms with van der Waals surface area (Å²) in [5, 5.41) is 13.6. The third-order valence-corrected chi connectivity index (χ3v) is 3.71. The van der Waals surface area contributed by atoms with Crippen molar-refractivity contribution in [2.75, 3.05) is 0 Å². The monoisotopic (exact) mass is 289 g/mol. The average Bonchev–Trinajstić information content (AvgIpc) is 2.90. The van der Waals surface area contributed by atoms with Crippen molar-refractivity contribution in [3.8, 4) is 0 Å². The van der Waals surface area contributed by atoms with Gasteiger partial charge in [0.05, 0.1) is 22.2 Å². The lowest BCUT2D eigenvalue weighted by molar-refractivity contribution is 0.0696. The van der Waals surface area contributed by atoms with Crippen LogP contribution < -0.4 is 0 Å². The van der Waals surface area contributed by atoms with E-state index in [0.717, 1.165) is 23.3 Å². The lowest BCUT2D eigenvalue weighted by atomic mass is 10.2. The van der Waals surface area contributed by atoms with Crippen molar-refractivity contribution in [3.63, 3.8) is 0 Å². The van der Waals surface area contributed by atoms with Crippen LogP contribution in [0.15, 0.2) is 52.8 Å². The number of carboxylic acids is 1. The van der Waals surface area contributed by atoms with E-state index in [0.29, 0.717) is 5.03 Å². The number of halogens is 1. The smallest absolute Gasteiger partial charge is 0.335 e. The van der Waals surface area contributed by atoms with Crippen molar-refractivity contribution in [1.29, 1.82) is 0 Å². The number of nitrogens with zero attached hydrogens (tertiary/aromatic N) is 3. The van der Waals surface area contributed by atoms with Gasteiger partial charge in [0, 0.05) is 12.4 Å². The Labute approximate surface area is 117 Å². The maximum atomic E-state index is 13.8. The van der Waals surface area contributed by atoms with E-state index in [1.54, 1.807) is 29.2 Å². The van der Waals surface area contributed by atoms with Crippen LogP contribution in [0.5, 0.6) is 0 Å². The van der Waals surface area contributed by atoms with Crippen LogP contribution in [0.2, 0.25) is 0 Å². The molecule has 0 atom stereocenters. The van der Waals surface area contributed by atoms with Crippen LogP contribution in [0.3, 0.4) is 0 Å². The first-order valence-electron chi connectivity index (χ1n) is 5.64. The second kappa shape index (κ2) is 4.93. The van der Waals surface area contributed by atoms with E-state index in [1.807, 2.05) is 0 Å². The second-order valence-corrected chi connectivity index (χ2v) is 4.98. The van der Waals surface area contributed by atoms with Gasteiger partial charge in [-0.3, -0.25) is 0 Å². The SMILES string of the molecule is O=C(O)c1ccc(F)c(Sc2nccn3nccc23)c1. The first kappa shape index (κ1) is 12.6. The minimum absolute atomic E-state index is 0.0364. The van der Waals surface area contributed by atoms with Gasteiger partial charge in [0.1, 0.15) is 10.8 Å². The van der Waals surface area contributed by atoms with Crippen LogP contribution in [-0.4, -0.2) is 25.7 Å². The molecule has 0 fully saturated rings. The summed E-state index contributed by atoms with van der Waals surface area (Å²) < 4.78 is 15.4. The zero-order chi connectivity index (χ0) is 14.1. The van der Waals surface area contributed by atoms with Crippen LogP contribution in [0.25, 0.3) is 5.52 Å². The topological polar surface area (TPSA) is 67.5 Å². The maximum Gasteiger partial charge on any atom is 0.335 e. The average molecular weight is 289 g/mol. The fraction of sp³-hybridized carbons (Fsp3) is 0. The highest BCUT2D eigenvalue weighted by Gasteiger charge is 2.12. The van der Waals surface area contributed by atoms with Crippen molar-refractivity contribution in [1.82, 2.24) is 14.6 Å². The number of fused-ring (bicyclic) bond motifs is 1. The summed E-state index contributed by atoms with van der Waals surface area (Å²) in [6.45, 7) is 0. The molecule has 3 rings (SSSR count). The molecule has 3 aromatic rings. The van der Waals surface area contributed by atoms with Gasteiger partial charge < -0.3 is 5.11 Å². The van der Waals surface area contributed by atoms with Crippen molar-refractivity contribution < 1.29 is 14.3 Å². The van der Waals surface area contributed by atoms with E-state index >= 15 is 0 Å². The van der Waals surface area contributed by atoms with Crippen molar-refractivity contribution in [3.05, 3.63) is 54.2 Å². The van der Waals surface area contributed by atoms with E-state index in [9.17, 15) is 9.18 Å². The molecule has 0 aliphatic rings. The molecule has 0 amide bonds. The quantitative estimate of drug-likeness (QED) is 0.803. The molecule has 0 saturated carbocycles. The fourth-order valence-corrected chi connectivity index (χ4v) is 2.67. The minimum atomic E-state index is -1.10. The van der Waals surface area contributed by atoms with Crippen LogP contribution in [0.4, 0.5) is 4.39 Å². The zero-order valence-corrected chi connectivity index (χ0v) is 10.8. The summed E-state index contributed by atoms with van der Waals surface area (Å²) in [7, 11) is 0. The molecule has 2 aromatic heterocycles. The highest BCUT2D eigenvalue weighted by Crippen LogP contribution is 2.31. The number of carbonyl (C=O) groups is 1. The molecule has 0 unspecified atom stereocenters. The molecule has 20 heavy (non-hydrogen) atoms. The summed E-state index contributed by atoms with van der Waals surface area (Å²) in [5.74, 6) is -1.58. The summed E-state index contributed by atoms with van der Waals surface area (Å²) in [6.07, 6.45) is 4.86. The molecule has 0 bridgehead atoms. The fourth-order valence-electron chi connectivity index (χ4n) is 1.73. The number of hydrogen-bond acceptors (Lipinski definition) is 4. The number of rotatable bonds is 3. The normalized spacial score (nSPS) is 10.8. The van der Waals surface area contributed by atoms with Gasteiger partial charge in [-0.2, -0.15) is 5.10 Å². The minimum Gasteiger partial charge on any atom is -0.478 e. The predicted octanol–water partition coefficient (Wildman–Crippen LogP) is 2.72. The molecule has 2 heterocycles. The van der Waals surface area contributed by atoms with Gasteiger partial charge in [-0.15, -0.1) is 0 Å². The number of benzene rings is 1. The Morgan fingerprint density at radius 1 is 1.30 bits per heavy atom. The number of carboxylic acid groups (broad SMARTS) is 1. The van der Waals surface area contributed by atoms with Gasteiger partial charge >= 0.3 is 5.97 Å². The van der Waals surface area contributed by atoms with Crippen LogP contribution >= 0.6 is 11.8 Å². The summed E-state index contributed by atoms with van der Waals surface area (Å²) >= 11 is 1.07. The lowest BCUT2D eigenvalue weighted by Gasteiger charge is -2.05. The van der Waals surface area contributed by atoms with Gasteiger partial charge in [-0.1, -0.05) is 11.8 Å². The van der Waals surface area contributed by atoms with E-state index in [2.05, 4.69) is 10.1 Å². The van der Waals surface area contributed by atoms with Crippen LogP contribution in [0, 0.1) is 5.82 Å². The molecule has 100 valence electrons. The first-order valence-corrected chi connectivity index (χ1v) is 6.46. The molecule has 0 aliphatic heterocycles. The standard InChI is InChI=1S/C13H8FN3O2S/c14-9-2-1-8(13(18)19)7-11(9)20-12-10-3-4-16-17(10)6-5-15-12/h1-7H,(H,18,19). The first-order chi connectivity index (χ1) is 9.65. The van der Waals surface area contributed by atoms with Crippen molar-refractivity contribution >= 4 is 23.2 Å². The van der Waals surface area contributed by atoms with Crippen LogP contribution in [-0.2, 0) is 0 Å². The third-order valence-electron chi connectivity index (χ3n) is 2.67. The Bertz CT molecular complexity index is 803. The number of hydrogen-bond donors (Lipinski definition) is 1. The van der Waals surface area contributed by atoms with Gasteiger partial charge in [0.15, 0.2) is 0 Å².